The number of rotatable bonds is 5. The average Bonchev–Trinajstić information content (AvgIpc) is 3.08. The van der Waals surface area contributed by atoms with Crippen LogP contribution >= 0.6 is 11.6 Å². The molecule has 31 heavy (non-hydrogen) atoms. The molecular formula is C22H22ClN5O3. The van der Waals surface area contributed by atoms with Gasteiger partial charge < -0.3 is 19.9 Å². The van der Waals surface area contributed by atoms with Crippen molar-refractivity contribution in [3.05, 3.63) is 46.4 Å². The third kappa shape index (κ3) is 3.17. The number of nitrogens with one attached hydrogen (secondary N) is 2. The molecule has 9 heteroatoms. The number of amides is 2. The van der Waals surface area contributed by atoms with E-state index in [1.807, 2.05) is 0 Å². The van der Waals surface area contributed by atoms with Crippen LogP contribution in [0.1, 0.15) is 45.8 Å². The van der Waals surface area contributed by atoms with E-state index in [1.54, 1.807) is 24.4 Å². The maximum absolute atomic E-state index is 12.9. The van der Waals surface area contributed by atoms with Crippen molar-refractivity contribution in [2.75, 3.05) is 26.2 Å². The molecule has 4 aliphatic heterocycles. The van der Waals surface area contributed by atoms with Crippen LogP contribution in [0.2, 0.25) is 0 Å². The minimum absolute atomic E-state index is 0.113. The minimum atomic E-state index is -0.239. The molecule has 4 aliphatic rings. The molecule has 0 aliphatic carbocycles. The first-order valence-electron chi connectivity index (χ1n) is 10.7. The molecule has 2 amide bonds. The van der Waals surface area contributed by atoms with Crippen molar-refractivity contribution in [2.45, 2.75) is 31.6 Å². The molecular weight excluding hydrogens is 418 g/mol. The van der Waals surface area contributed by atoms with Crippen LogP contribution < -0.4 is 5.32 Å². The van der Waals surface area contributed by atoms with Crippen LogP contribution in [-0.4, -0.2) is 70.1 Å². The molecule has 2 unspecified atom stereocenters. The third-order valence-electron chi connectivity index (χ3n) is 6.41. The number of carbonyl (C=O) groups excluding carboxylic acids is 2. The molecule has 0 spiro atoms. The van der Waals surface area contributed by atoms with E-state index in [4.69, 9.17) is 16.3 Å². The number of benzene rings is 1. The van der Waals surface area contributed by atoms with Crippen LogP contribution in [0.4, 0.5) is 0 Å². The summed E-state index contributed by atoms with van der Waals surface area (Å²) in [7, 11) is 0. The van der Waals surface area contributed by atoms with Crippen LogP contribution in [0.25, 0.3) is 16.6 Å². The molecule has 2 fully saturated rings. The number of aromatic amines is 1. The number of imidazole rings is 1. The lowest BCUT2D eigenvalue weighted by Gasteiger charge is -2.17. The third-order valence-corrected chi connectivity index (χ3v) is 6.74. The van der Waals surface area contributed by atoms with Crippen LogP contribution in [0, 0.1) is 0 Å². The summed E-state index contributed by atoms with van der Waals surface area (Å²) in [6, 6.07) is 3.43. The quantitative estimate of drug-likeness (QED) is 0.549. The van der Waals surface area contributed by atoms with Crippen LogP contribution in [0.3, 0.4) is 0 Å². The summed E-state index contributed by atoms with van der Waals surface area (Å²) in [6.45, 7) is 3.58. The fourth-order valence-corrected chi connectivity index (χ4v) is 4.99. The van der Waals surface area contributed by atoms with Crippen molar-refractivity contribution in [3.8, 4) is 0 Å². The normalized spacial score (nSPS) is 25.3. The summed E-state index contributed by atoms with van der Waals surface area (Å²) >= 11 is 6.43. The molecule has 5 heterocycles. The second kappa shape index (κ2) is 7.19. The fraction of sp³-hybridized carbons (Fsp3) is 0.409. The van der Waals surface area contributed by atoms with Crippen molar-refractivity contribution >= 4 is 40.0 Å². The average molecular weight is 440 g/mol. The summed E-state index contributed by atoms with van der Waals surface area (Å²) < 4.78 is 5.61. The Bertz CT molecular complexity index is 1110. The van der Waals surface area contributed by atoms with E-state index in [9.17, 15) is 9.59 Å². The van der Waals surface area contributed by atoms with Crippen molar-refractivity contribution in [3.63, 3.8) is 0 Å². The first-order chi connectivity index (χ1) is 15.1. The van der Waals surface area contributed by atoms with Crippen molar-refractivity contribution < 1.29 is 14.3 Å². The molecule has 0 radical (unpaired) electrons. The molecule has 2 saturated heterocycles. The smallest absolute Gasteiger partial charge is 0.261 e. The Morgan fingerprint density at radius 3 is 2.71 bits per heavy atom. The number of likely N-dealkylation sites (tertiary alicyclic amines) is 1. The molecule has 6 rings (SSSR count). The van der Waals surface area contributed by atoms with Crippen molar-refractivity contribution in [1.29, 1.82) is 0 Å². The van der Waals surface area contributed by atoms with Crippen LogP contribution in [-0.2, 0) is 4.74 Å². The van der Waals surface area contributed by atoms with Crippen molar-refractivity contribution in [1.82, 2.24) is 25.1 Å². The zero-order chi connectivity index (χ0) is 21.1. The van der Waals surface area contributed by atoms with Gasteiger partial charge in [0.1, 0.15) is 11.9 Å². The Hall–Kier alpha value is -2.68. The monoisotopic (exact) mass is 439 g/mol. The number of H-pyrrole nitrogens is 1. The predicted octanol–water partition coefficient (Wildman–Crippen LogP) is 2.44. The van der Waals surface area contributed by atoms with Gasteiger partial charge in [-0.3, -0.25) is 14.5 Å². The molecule has 2 aromatic rings. The van der Waals surface area contributed by atoms with E-state index in [0.717, 1.165) is 31.6 Å². The Labute approximate surface area is 183 Å². The number of ether oxygens (including phenoxy) is 1. The van der Waals surface area contributed by atoms with Gasteiger partial charge in [-0.25, -0.2) is 4.98 Å². The van der Waals surface area contributed by atoms with Gasteiger partial charge in [-0.15, -0.1) is 0 Å². The molecule has 2 N–H and O–H groups in total. The van der Waals surface area contributed by atoms with Gasteiger partial charge in [-0.05, 0) is 57.1 Å². The fourth-order valence-electron chi connectivity index (χ4n) is 4.73. The van der Waals surface area contributed by atoms with Crippen molar-refractivity contribution in [2.24, 2.45) is 0 Å². The number of halogens is 1. The highest BCUT2D eigenvalue weighted by Gasteiger charge is 2.45. The Morgan fingerprint density at radius 1 is 1.13 bits per heavy atom. The van der Waals surface area contributed by atoms with Crippen LogP contribution in [0.5, 0.6) is 0 Å². The number of fused-ring (bicyclic) bond motifs is 3. The zero-order valence-electron chi connectivity index (χ0n) is 16.9. The summed E-state index contributed by atoms with van der Waals surface area (Å²) in [5.41, 5.74) is 2.94. The van der Waals surface area contributed by atoms with Gasteiger partial charge in [-0.2, -0.15) is 0 Å². The number of hydrogen-bond acceptors (Lipinski definition) is 6. The van der Waals surface area contributed by atoms with E-state index >= 15 is 0 Å². The molecule has 0 saturated carbocycles. The van der Waals surface area contributed by atoms with Crippen LogP contribution in [0.15, 0.2) is 29.4 Å². The number of nitrogens with zero attached hydrogens (tertiary/aromatic N) is 3. The van der Waals surface area contributed by atoms with E-state index in [-0.39, 0.29) is 24.1 Å². The highest BCUT2D eigenvalue weighted by Crippen LogP contribution is 2.39. The summed E-state index contributed by atoms with van der Waals surface area (Å²) in [6.07, 6.45) is 6.50. The minimum Gasteiger partial charge on any atom is -0.364 e. The largest absolute Gasteiger partial charge is 0.364 e. The van der Waals surface area contributed by atoms with Gasteiger partial charge in [0.25, 0.3) is 11.8 Å². The van der Waals surface area contributed by atoms with Gasteiger partial charge in [0, 0.05) is 18.3 Å². The highest BCUT2D eigenvalue weighted by molar-refractivity contribution is 6.34. The number of epoxide rings is 1. The van der Waals surface area contributed by atoms with Gasteiger partial charge >= 0.3 is 0 Å². The Kier molecular flexibility index (Phi) is 4.41. The number of allylic oxidation sites excluding steroid dienone is 2. The van der Waals surface area contributed by atoms with Gasteiger partial charge in [0.2, 0.25) is 0 Å². The molecule has 1 aromatic carbocycles. The molecule has 2 atom stereocenters. The highest BCUT2D eigenvalue weighted by atomic mass is 35.5. The van der Waals surface area contributed by atoms with Gasteiger partial charge in [0.15, 0.2) is 6.23 Å². The second-order valence-electron chi connectivity index (χ2n) is 8.40. The number of hydrogen-bond donors (Lipinski definition) is 2. The molecule has 8 nitrogen and oxygen atoms in total. The van der Waals surface area contributed by atoms with E-state index in [1.165, 1.54) is 17.7 Å². The molecule has 1 aromatic heterocycles. The first-order valence-corrected chi connectivity index (χ1v) is 11.1. The lowest BCUT2D eigenvalue weighted by Crippen LogP contribution is -2.33. The lowest BCUT2D eigenvalue weighted by molar-refractivity contribution is 0.0648. The topological polar surface area (TPSA) is 93.9 Å². The number of imide groups is 1. The Balaban J connectivity index is 1.26. The first kappa shape index (κ1) is 19.0. The standard InChI is InChI=1S/C22H22ClN5O3/c23-14-4-5-24-20-18(31-20)17(14)19-25-15-10-12-13(11-16(15)26-19)22(30)28(21(12)29)9-3-8-27-6-1-2-7-27/h4-5,10-11,18,20,24H,1-3,6-9H2,(H,25,26). The zero-order valence-corrected chi connectivity index (χ0v) is 17.6. The van der Waals surface area contributed by atoms with E-state index in [2.05, 4.69) is 20.2 Å². The molecule has 0 bridgehead atoms. The number of carbonyl (C=O) groups is 2. The SMILES string of the molecule is O=C1c2cc3nc(C4=C(Cl)C=CNC5OC45)[nH]c3cc2C(=O)N1CCCN1CCCC1. The van der Waals surface area contributed by atoms with E-state index in [0.29, 0.717) is 39.6 Å². The maximum Gasteiger partial charge on any atom is 0.261 e. The summed E-state index contributed by atoms with van der Waals surface area (Å²) in [5.74, 6) is 0.119. The lowest BCUT2D eigenvalue weighted by atomic mass is 10.1. The maximum atomic E-state index is 12.9. The summed E-state index contributed by atoms with van der Waals surface area (Å²) in [4.78, 5) is 37.5. The molecule has 160 valence electrons. The van der Waals surface area contributed by atoms with E-state index < -0.39 is 0 Å². The summed E-state index contributed by atoms with van der Waals surface area (Å²) in [5, 5.41) is 3.64. The van der Waals surface area contributed by atoms with Gasteiger partial charge in [0.05, 0.1) is 27.2 Å². The predicted molar refractivity (Wildman–Crippen MR) is 115 cm³/mol. The van der Waals surface area contributed by atoms with Gasteiger partial charge in [-0.1, -0.05) is 11.6 Å². The Morgan fingerprint density at radius 2 is 1.90 bits per heavy atom. The second-order valence-corrected chi connectivity index (χ2v) is 8.81. The number of aromatic nitrogens is 2.